The van der Waals surface area contributed by atoms with Gasteiger partial charge in [-0.05, 0) is 36.8 Å². The summed E-state index contributed by atoms with van der Waals surface area (Å²) in [6, 6.07) is 16.0. The lowest BCUT2D eigenvalue weighted by atomic mass is 9.83. The Morgan fingerprint density at radius 1 is 0.963 bits per heavy atom. The Hall–Kier alpha value is -3.14. The van der Waals surface area contributed by atoms with Crippen LogP contribution >= 0.6 is 0 Å². The van der Waals surface area contributed by atoms with Gasteiger partial charge in [-0.1, -0.05) is 49.7 Å². The molecule has 1 aliphatic heterocycles. The van der Waals surface area contributed by atoms with E-state index in [1.807, 2.05) is 56.4 Å². The van der Waals surface area contributed by atoms with Crippen LogP contribution in [0.2, 0.25) is 0 Å². The van der Waals surface area contributed by atoms with Crippen molar-refractivity contribution in [2.75, 3.05) is 17.3 Å². The zero-order chi connectivity index (χ0) is 19.3. The Morgan fingerprint density at radius 2 is 1.63 bits per heavy atom. The topological polar surface area (TPSA) is 49.4 Å². The summed E-state index contributed by atoms with van der Waals surface area (Å²) in [7, 11) is 2.00. The molecule has 0 fully saturated rings. The molecule has 1 heterocycles. The van der Waals surface area contributed by atoms with Crippen LogP contribution in [0.15, 0.2) is 63.8 Å². The van der Waals surface area contributed by atoms with Crippen molar-refractivity contribution in [1.29, 1.82) is 0 Å². The SMILES string of the molecule is Cc1ccc(Nc2c(/C=C3\N(C)c4ccccc4C3(C)C)c(=O)c2=O)cc1. The number of aryl methyl sites for hydroxylation is 1. The summed E-state index contributed by atoms with van der Waals surface area (Å²) in [5.74, 6) is 0. The van der Waals surface area contributed by atoms with Crippen LogP contribution in [-0.2, 0) is 5.41 Å². The van der Waals surface area contributed by atoms with Gasteiger partial charge >= 0.3 is 0 Å². The van der Waals surface area contributed by atoms with Crippen molar-refractivity contribution in [3.63, 3.8) is 0 Å². The van der Waals surface area contributed by atoms with E-state index in [0.717, 1.165) is 22.6 Å². The van der Waals surface area contributed by atoms with Gasteiger partial charge in [-0.2, -0.15) is 0 Å². The zero-order valence-electron chi connectivity index (χ0n) is 16.0. The Bertz CT molecular complexity index is 1130. The molecule has 136 valence electrons. The molecule has 1 aliphatic rings. The third-order valence-corrected chi connectivity index (χ3v) is 5.49. The number of rotatable bonds is 3. The first-order valence-corrected chi connectivity index (χ1v) is 9.03. The highest BCUT2D eigenvalue weighted by Gasteiger charge is 2.38. The van der Waals surface area contributed by atoms with Crippen molar-refractivity contribution < 1.29 is 0 Å². The highest BCUT2D eigenvalue weighted by Crippen LogP contribution is 2.47. The molecule has 0 spiro atoms. The maximum absolute atomic E-state index is 12.3. The van der Waals surface area contributed by atoms with Gasteiger partial charge in [0.25, 0.3) is 0 Å². The summed E-state index contributed by atoms with van der Waals surface area (Å²) >= 11 is 0. The first-order valence-electron chi connectivity index (χ1n) is 9.03. The molecule has 0 atom stereocenters. The van der Waals surface area contributed by atoms with E-state index in [4.69, 9.17) is 0 Å². The minimum Gasteiger partial charge on any atom is -0.352 e. The van der Waals surface area contributed by atoms with Crippen molar-refractivity contribution >= 4 is 23.1 Å². The quantitative estimate of drug-likeness (QED) is 0.716. The van der Waals surface area contributed by atoms with Gasteiger partial charge in [0, 0.05) is 29.5 Å². The molecule has 0 saturated carbocycles. The molecule has 4 nitrogen and oxygen atoms in total. The van der Waals surface area contributed by atoms with E-state index >= 15 is 0 Å². The number of likely N-dealkylation sites (N-methyl/N-ethyl adjacent to an activating group) is 1. The molecular formula is C23H22N2O2. The predicted molar refractivity (Wildman–Crippen MR) is 112 cm³/mol. The second-order valence-corrected chi connectivity index (χ2v) is 7.67. The van der Waals surface area contributed by atoms with Gasteiger partial charge in [0.1, 0.15) is 5.69 Å². The summed E-state index contributed by atoms with van der Waals surface area (Å²) < 4.78 is 0. The second-order valence-electron chi connectivity index (χ2n) is 7.67. The van der Waals surface area contributed by atoms with Gasteiger partial charge in [0.15, 0.2) is 0 Å². The Balaban J connectivity index is 1.76. The molecule has 0 saturated heterocycles. The molecule has 27 heavy (non-hydrogen) atoms. The number of benzene rings is 2. The fraction of sp³-hybridized carbons (Fsp3) is 0.217. The van der Waals surface area contributed by atoms with Crippen LogP contribution in [0.4, 0.5) is 17.1 Å². The fourth-order valence-electron chi connectivity index (χ4n) is 3.85. The summed E-state index contributed by atoms with van der Waals surface area (Å²) in [5, 5.41) is 3.12. The number of nitrogens with zero attached hydrogens (tertiary/aromatic N) is 1. The van der Waals surface area contributed by atoms with Crippen molar-refractivity contribution in [3.05, 3.63) is 91.4 Å². The summed E-state index contributed by atoms with van der Waals surface area (Å²) in [4.78, 5) is 26.5. The zero-order valence-corrected chi connectivity index (χ0v) is 16.0. The maximum Gasteiger partial charge on any atom is 0.250 e. The van der Waals surface area contributed by atoms with Crippen LogP contribution in [0.1, 0.15) is 30.5 Å². The van der Waals surface area contributed by atoms with E-state index in [0.29, 0.717) is 11.3 Å². The van der Waals surface area contributed by atoms with Crippen molar-refractivity contribution in [2.24, 2.45) is 0 Å². The second kappa shape index (κ2) is 5.95. The Morgan fingerprint density at radius 3 is 2.30 bits per heavy atom. The lowest BCUT2D eigenvalue weighted by Crippen LogP contribution is -2.37. The van der Waals surface area contributed by atoms with Crippen LogP contribution in [0.5, 0.6) is 0 Å². The highest BCUT2D eigenvalue weighted by atomic mass is 16.2. The molecule has 0 aliphatic carbocycles. The van der Waals surface area contributed by atoms with E-state index < -0.39 is 10.9 Å². The standard InChI is InChI=1S/C23H22N2O2/c1-14-9-11-15(12-10-14)24-20-16(21(26)22(20)27)13-19-23(2,3)17-7-5-6-8-18(17)25(19)4/h5-13,24H,1-4H3/b19-13-. The Kier molecular flexibility index (Phi) is 3.81. The van der Waals surface area contributed by atoms with Crippen LogP contribution in [0.3, 0.4) is 0 Å². The van der Waals surface area contributed by atoms with Gasteiger partial charge in [-0.15, -0.1) is 0 Å². The van der Waals surface area contributed by atoms with Crippen molar-refractivity contribution in [3.8, 4) is 0 Å². The molecule has 0 radical (unpaired) electrons. The minimum absolute atomic E-state index is 0.244. The molecular weight excluding hydrogens is 336 g/mol. The molecule has 3 aromatic carbocycles. The molecule has 0 aromatic heterocycles. The molecule has 3 aromatic rings. The van der Waals surface area contributed by atoms with Gasteiger partial charge in [-0.25, -0.2) is 0 Å². The summed E-state index contributed by atoms with van der Waals surface area (Å²) in [5.41, 5.74) is 4.96. The highest BCUT2D eigenvalue weighted by molar-refractivity contribution is 5.82. The fourth-order valence-corrected chi connectivity index (χ4v) is 3.85. The first kappa shape index (κ1) is 17.3. The average Bonchev–Trinajstić information content (AvgIpc) is 2.86. The van der Waals surface area contributed by atoms with Crippen molar-refractivity contribution in [2.45, 2.75) is 26.2 Å². The van der Waals surface area contributed by atoms with Gasteiger partial charge < -0.3 is 10.2 Å². The summed E-state index contributed by atoms with van der Waals surface area (Å²) in [6.07, 6.45) is 1.86. The molecule has 4 rings (SSSR count). The molecule has 0 unspecified atom stereocenters. The average molecular weight is 358 g/mol. The van der Waals surface area contributed by atoms with Crippen LogP contribution < -0.4 is 21.1 Å². The number of hydrogen-bond donors (Lipinski definition) is 1. The molecule has 4 heteroatoms. The van der Waals surface area contributed by atoms with Crippen LogP contribution in [0.25, 0.3) is 6.08 Å². The van der Waals surface area contributed by atoms with Crippen LogP contribution in [0, 0.1) is 6.92 Å². The van der Waals surface area contributed by atoms with E-state index in [2.05, 4.69) is 36.2 Å². The smallest absolute Gasteiger partial charge is 0.250 e. The van der Waals surface area contributed by atoms with Crippen molar-refractivity contribution in [1.82, 2.24) is 0 Å². The number of para-hydroxylation sites is 1. The lowest BCUT2D eigenvalue weighted by Gasteiger charge is -2.25. The first-order chi connectivity index (χ1) is 12.8. The number of nitrogens with one attached hydrogen (secondary N) is 1. The molecule has 1 N–H and O–H groups in total. The van der Waals surface area contributed by atoms with Gasteiger partial charge in [0.2, 0.25) is 10.9 Å². The largest absolute Gasteiger partial charge is 0.352 e. The van der Waals surface area contributed by atoms with E-state index in [1.54, 1.807) is 0 Å². The number of anilines is 3. The third kappa shape index (κ3) is 2.60. The maximum atomic E-state index is 12.3. The third-order valence-electron chi connectivity index (χ3n) is 5.49. The minimum atomic E-state index is -0.460. The molecule has 0 amide bonds. The molecule has 0 bridgehead atoms. The number of hydrogen-bond acceptors (Lipinski definition) is 4. The summed E-state index contributed by atoms with van der Waals surface area (Å²) in [6.45, 7) is 6.28. The van der Waals surface area contributed by atoms with E-state index in [9.17, 15) is 9.59 Å². The number of fused-ring (bicyclic) bond motifs is 1. The monoisotopic (exact) mass is 358 g/mol. The van der Waals surface area contributed by atoms with Gasteiger partial charge in [0.05, 0.1) is 5.56 Å². The lowest BCUT2D eigenvalue weighted by molar-refractivity contribution is 0.645. The van der Waals surface area contributed by atoms with Gasteiger partial charge in [-0.3, -0.25) is 9.59 Å². The van der Waals surface area contributed by atoms with E-state index in [-0.39, 0.29) is 5.41 Å². The normalized spacial score (nSPS) is 16.7. The number of allylic oxidation sites excluding steroid dienone is 1. The van der Waals surface area contributed by atoms with E-state index in [1.165, 1.54) is 5.56 Å². The van der Waals surface area contributed by atoms with Crippen LogP contribution in [-0.4, -0.2) is 7.05 Å². The Labute approximate surface area is 158 Å². The predicted octanol–water partition coefficient (Wildman–Crippen LogP) is 4.10.